The normalized spacial score (nSPS) is 12.3. The van der Waals surface area contributed by atoms with Gasteiger partial charge in [0.05, 0.1) is 0 Å². The smallest absolute Gasteiger partial charge is 0.0277 e. The molecule has 0 atom stereocenters. The van der Waals surface area contributed by atoms with E-state index in [4.69, 9.17) is 0 Å². The Labute approximate surface area is 93.6 Å². The van der Waals surface area contributed by atoms with Crippen LogP contribution in [0.5, 0.6) is 0 Å². The number of allylic oxidation sites excluding steroid dienone is 6. The van der Waals surface area contributed by atoms with Gasteiger partial charge in [-0.25, -0.2) is 0 Å². The van der Waals surface area contributed by atoms with Gasteiger partial charge in [-0.1, -0.05) is 37.8 Å². The number of nitrogens with zero attached hydrogens (tertiary/aromatic N) is 1. The number of hydrogen-bond acceptors (Lipinski definition) is 1. The van der Waals surface area contributed by atoms with E-state index in [1.807, 2.05) is 18.4 Å². The molecule has 0 aromatic carbocycles. The molecule has 0 amide bonds. The summed E-state index contributed by atoms with van der Waals surface area (Å²) in [5, 5.41) is 0. The first-order chi connectivity index (χ1) is 7.12. The van der Waals surface area contributed by atoms with E-state index in [2.05, 4.69) is 38.9 Å². The van der Waals surface area contributed by atoms with Crippen LogP contribution in [0.4, 0.5) is 0 Å². The molecule has 0 aliphatic rings. The first-order valence-electron chi connectivity index (χ1n) is 5.20. The molecule has 0 rings (SSSR count). The third-order valence-electron chi connectivity index (χ3n) is 2.25. The van der Waals surface area contributed by atoms with Gasteiger partial charge in [0, 0.05) is 13.3 Å². The molecule has 0 N–H and O–H groups in total. The van der Waals surface area contributed by atoms with Gasteiger partial charge in [-0.2, -0.15) is 0 Å². The topological polar surface area (TPSA) is 12.4 Å². The molecule has 0 aromatic heterocycles. The minimum absolute atomic E-state index is 0.948. The first-order valence-corrected chi connectivity index (χ1v) is 5.20. The molecule has 0 saturated heterocycles. The van der Waals surface area contributed by atoms with Crippen LogP contribution in [0, 0.1) is 0 Å². The van der Waals surface area contributed by atoms with Crippen LogP contribution < -0.4 is 0 Å². The molecular weight excluding hydrogens is 182 g/mol. The van der Waals surface area contributed by atoms with Crippen molar-refractivity contribution in [2.75, 3.05) is 7.05 Å². The van der Waals surface area contributed by atoms with E-state index in [9.17, 15) is 0 Å². The third kappa shape index (κ3) is 3.70. The predicted octanol–water partition coefficient (Wildman–Crippen LogP) is 4.10. The molecule has 0 radical (unpaired) electrons. The summed E-state index contributed by atoms with van der Waals surface area (Å²) in [5.74, 6) is 0. The van der Waals surface area contributed by atoms with Gasteiger partial charge in [-0.3, -0.25) is 4.99 Å². The minimum Gasteiger partial charge on any atom is -0.296 e. The second-order valence-corrected chi connectivity index (χ2v) is 3.50. The highest BCUT2D eigenvalue weighted by Gasteiger charge is 2.04. The average molecular weight is 203 g/mol. The molecule has 0 saturated carbocycles. The van der Waals surface area contributed by atoms with Gasteiger partial charge < -0.3 is 0 Å². The summed E-state index contributed by atoms with van der Waals surface area (Å²) < 4.78 is 0. The largest absolute Gasteiger partial charge is 0.296 e. The Morgan fingerprint density at radius 3 is 1.93 bits per heavy atom. The van der Waals surface area contributed by atoms with Gasteiger partial charge in [0.15, 0.2) is 0 Å². The van der Waals surface area contributed by atoms with Crippen LogP contribution >= 0.6 is 0 Å². The SMILES string of the molecule is C=CC(=C(C)C)/C(C=C)=C(/C=N\C)CC. The lowest BCUT2D eigenvalue weighted by Crippen LogP contribution is -1.94. The van der Waals surface area contributed by atoms with E-state index in [1.165, 1.54) is 11.1 Å². The van der Waals surface area contributed by atoms with Gasteiger partial charge in [0.25, 0.3) is 0 Å². The highest BCUT2D eigenvalue weighted by atomic mass is 14.6. The van der Waals surface area contributed by atoms with Gasteiger partial charge in [-0.15, -0.1) is 0 Å². The van der Waals surface area contributed by atoms with E-state index < -0.39 is 0 Å². The Morgan fingerprint density at radius 2 is 1.67 bits per heavy atom. The molecule has 0 bridgehead atoms. The van der Waals surface area contributed by atoms with E-state index >= 15 is 0 Å². The van der Waals surface area contributed by atoms with Crippen LogP contribution in [0.2, 0.25) is 0 Å². The van der Waals surface area contributed by atoms with Crippen molar-refractivity contribution in [3.05, 3.63) is 47.6 Å². The highest BCUT2D eigenvalue weighted by Crippen LogP contribution is 2.21. The molecule has 15 heavy (non-hydrogen) atoms. The second kappa shape index (κ2) is 6.99. The third-order valence-corrected chi connectivity index (χ3v) is 2.25. The van der Waals surface area contributed by atoms with Crippen molar-refractivity contribution < 1.29 is 0 Å². The van der Waals surface area contributed by atoms with E-state index in [0.717, 1.165) is 17.6 Å². The molecule has 82 valence electrons. The average Bonchev–Trinajstić information content (AvgIpc) is 2.22. The lowest BCUT2D eigenvalue weighted by atomic mass is 9.95. The zero-order valence-electron chi connectivity index (χ0n) is 10.3. The van der Waals surface area contributed by atoms with Crippen LogP contribution in [-0.4, -0.2) is 13.3 Å². The van der Waals surface area contributed by atoms with Crippen molar-refractivity contribution in [2.45, 2.75) is 27.2 Å². The van der Waals surface area contributed by atoms with Gasteiger partial charge in [0.2, 0.25) is 0 Å². The van der Waals surface area contributed by atoms with Crippen molar-refractivity contribution in [2.24, 2.45) is 4.99 Å². The molecule has 0 aliphatic carbocycles. The first kappa shape index (κ1) is 13.6. The van der Waals surface area contributed by atoms with Crippen molar-refractivity contribution in [1.82, 2.24) is 0 Å². The Morgan fingerprint density at radius 1 is 1.13 bits per heavy atom. The van der Waals surface area contributed by atoms with Crippen LogP contribution in [0.1, 0.15) is 27.2 Å². The maximum atomic E-state index is 4.06. The van der Waals surface area contributed by atoms with E-state index in [0.29, 0.717) is 0 Å². The quantitative estimate of drug-likeness (QED) is 0.471. The van der Waals surface area contributed by atoms with Gasteiger partial charge in [-0.05, 0) is 37.0 Å². The number of aliphatic imine (C=N–C) groups is 1. The van der Waals surface area contributed by atoms with Crippen LogP contribution in [0.25, 0.3) is 0 Å². The summed E-state index contributed by atoms with van der Waals surface area (Å²) in [6.07, 6.45) is 6.60. The van der Waals surface area contributed by atoms with Crippen molar-refractivity contribution in [3.63, 3.8) is 0 Å². The standard InChI is InChI=1S/C14H21N/c1-7-12(10-15-6)14(9-3)13(8-2)11(4)5/h8-10H,2-3,7H2,1,4-6H3/b14-12+,15-10-. The summed E-state index contributed by atoms with van der Waals surface area (Å²) in [6, 6.07) is 0. The summed E-state index contributed by atoms with van der Waals surface area (Å²) in [4.78, 5) is 4.06. The van der Waals surface area contributed by atoms with Crippen molar-refractivity contribution in [1.29, 1.82) is 0 Å². The van der Waals surface area contributed by atoms with Crippen LogP contribution in [0.15, 0.2) is 52.6 Å². The fourth-order valence-electron chi connectivity index (χ4n) is 1.50. The molecule has 0 spiro atoms. The molecule has 0 aliphatic heterocycles. The summed E-state index contributed by atoms with van der Waals surface area (Å²) in [5.41, 5.74) is 4.74. The monoisotopic (exact) mass is 203 g/mol. The highest BCUT2D eigenvalue weighted by molar-refractivity contribution is 5.82. The van der Waals surface area contributed by atoms with Crippen LogP contribution in [-0.2, 0) is 0 Å². The Balaban J connectivity index is 5.65. The molecule has 1 heteroatoms. The number of rotatable bonds is 5. The maximum absolute atomic E-state index is 4.06. The molecule has 0 fully saturated rings. The fourth-order valence-corrected chi connectivity index (χ4v) is 1.50. The van der Waals surface area contributed by atoms with E-state index in [1.54, 1.807) is 7.05 Å². The molecule has 0 aromatic rings. The Hall–Kier alpha value is -1.37. The zero-order valence-corrected chi connectivity index (χ0v) is 10.3. The number of hydrogen-bond donors (Lipinski definition) is 0. The summed E-state index contributed by atoms with van der Waals surface area (Å²) >= 11 is 0. The minimum atomic E-state index is 0.948. The second-order valence-electron chi connectivity index (χ2n) is 3.50. The van der Waals surface area contributed by atoms with Crippen LogP contribution in [0.3, 0.4) is 0 Å². The van der Waals surface area contributed by atoms with Gasteiger partial charge >= 0.3 is 0 Å². The predicted molar refractivity (Wildman–Crippen MR) is 70.5 cm³/mol. The van der Waals surface area contributed by atoms with Gasteiger partial charge in [0.1, 0.15) is 0 Å². The molecule has 0 heterocycles. The fraction of sp³-hybridized carbons (Fsp3) is 0.357. The zero-order chi connectivity index (χ0) is 11.8. The lowest BCUT2D eigenvalue weighted by molar-refractivity contribution is 1.15. The summed E-state index contributed by atoms with van der Waals surface area (Å²) in [6.45, 7) is 14.0. The lowest BCUT2D eigenvalue weighted by Gasteiger charge is -2.10. The Kier molecular flexibility index (Phi) is 6.35. The molecule has 1 nitrogen and oxygen atoms in total. The summed E-state index contributed by atoms with van der Waals surface area (Å²) in [7, 11) is 1.78. The van der Waals surface area contributed by atoms with Crippen molar-refractivity contribution >= 4 is 6.21 Å². The Bertz CT molecular complexity index is 323. The maximum Gasteiger partial charge on any atom is 0.0277 e. The van der Waals surface area contributed by atoms with E-state index in [-0.39, 0.29) is 0 Å². The van der Waals surface area contributed by atoms with Crippen molar-refractivity contribution in [3.8, 4) is 0 Å². The molecule has 0 unspecified atom stereocenters. The molecular formula is C14H21N.